The molecule has 2 rings (SSSR count). The van der Waals surface area contributed by atoms with Gasteiger partial charge in [0, 0.05) is 23.9 Å². The van der Waals surface area contributed by atoms with Crippen molar-refractivity contribution < 1.29 is 0 Å². The first kappa shape index (κ1) is 9.85. The van der Waals surface area contributed by atoms with Crippen LogP contribution in [0.25, 0.3) is 5.65 Å². The van der Waals surface area contributed by atoms with Crippen LogP contribution in [0.3, 0.4) is 0 Å². The molecule has 0 aliphatic heterocycles. The molecule has 78 valence electrons. The minimum atomic E-state index is 0.0764. The second kappa shape index (κ2) is 3.16. The first-order valence-electron chi connectivity index (χ1n) is 5.01. The van der Waals surface area contributed by atoms with Crippen molar-refractivity contribution >= 4 is 5.65 Å². The van der Waals surface area contributed by atoms with E-state index in [2.05, 4.69) is 37.9 Å². The summed E-state index contributed by atoms with van der Waals surface area (Å²) >= 11 is 0. The third-order valence-corrected chi connectivity index (χ3v) is 2.43. The normalized spacial score (nSPS) is 11.9. The van der Waals surface area contributed by atoms with Crippen LogP contribution in [-0.4, -0.2) is 14.2 Å². The second-order valence-corrected chi connectivity index (χ2v) is 4.71. The lowest BCUT2D eigenvalue weighted by Crippen LogP contribution is -2.11. The molecule has 3 heteroatoms. The second-order valence-electron chi connectivity index (χ2n) is 4.71. The molecule has 2 heterocycles. The molecule has 0 N–H and O–H groups in total. The van der Waals surface area contributed by atoms with Crippen molar-refractivity contribution in [3.05, 3.63) is 24.2 Å². The first-order valence-corrected chi connectivity index (χ1v) is 5.01. The molecule has 0 saturated heterocycles. The van der Waals surface area contributed by atoms with Crippen molar-refractivity contribution in [1.29, 1.82) is 0 Å². The number of rotatable bonds is 1. The topological polar surface area (TPSA) is 22.2 Å². The highest BCUT2D eigenvalue weighted by atomic mass is 15.3. The van der Waals surface area contributed by atoms with Crippen LogP contribution in [0.4, 0.5) is 0 Å². The molecule has 0 unspecified atom stereocenters. The van der Waals surface area contributed by atoms with Crippen LogP contribution < -0.4 is 0 Å². The third kappa shape index (κ3) is 1.63. The van der Waals surface area contributed by atoms with E-state index in [4.69, 9.17) is 6.42 Å². The molecule has 2 aromatic heterocycles. The molecule has 0 fully saturated rings. The largest absolute Gasteiger partial charge is 0.320 e. The summed E-state index contributed by atoms with van der Waals surface area (Å²) in [6.07, 6.45) is 9.19. The van der Waals surface area contributed by atoms with Gasteiger partial charge in [0.1, 0.15) is 5.65 Å². The average Bonchev–Trinajstić information content (AvgIpc) is 2.65. The van der Waals surface area contributed by atoms with Gasteiger partial charge < -0.3 is 4.57 Å². The van der Waals surface area contributed by atoms with Crippen molar-refractivity contribution in [2.75, 3.05) is 0 Å². The molecule has 0 bridgehead atoms. The van der Waals surface area contributed by atoms with Gasteiger partial charge >= 0.3 is 0 Å². The van der Waals surface area contributed by atoms with Crippen LogP contribution in [0.2, 0.25) is 0 Å². The number of nitrogens with zero attached hydrogens (tertiary/aromatic N) is 3. The monoisotopic (exact) mass is 201 g/mol. The van der Waals surface area contributed by atoms with Gasteiger partial charge in [-0.3, -0.25) is 0 Å². The lowest BCUT2D eigenvalue weighted by atomic mass is 9.93. The van der Waals surface area contributed by atoms with E-state index >= 15 is 0 Å². The van der Waals surface area contributed by atoms with E-state index in [1.54, 1.807) is 0 Å². The van der Waals surface area contributed by atoms with Gasteiger partial charge in [-0.05, 0) is 0 Å². The van der Waals surface area contributed by atoms with Gasteiger partial charge in [-0.15, -0.1) is 6.42 Å². The Morgan fingerprint density at radius 3 is 2.73 bits per heavy atom. The van der Waals surface area contributed by atoms with Crippen molar-refractivity contribution in [3.63, 3.8) is 0 Å². The maximum atomic E-state index is 5.30. The third-order valence-electron chi connectivity index (χ3n) is 2.43. The van der Waals surface area contributed by atoms with Crippen LogP contribution in [0.5, 0.6) is 0 Å². The highest BCUT2D eigenvalue weighted by molar-refractivity contribution is 5.43. The Labute approximate surface area is 89.7 Å². The summed E-state index contributed by atoms with van der Waals surface area (Å²) in [5.74, 6) is 2.63. The van der Waals surface area contributed by atoms with Crippen LogP contribution in [0.1, 0.15) is 26.5 Å². The zero-order valence-corrected chi connectivity index (χ0v) is 9.36. The van der Waals surface area contributed by atoms with Gasteiger partial charge in [0.25, 0.3) is 0 Å². The van der Waals surface area contributed by atoms with Gasteiger partial charge in [0.15, 0.2) is 0 Å². The number of fused-ring (bicyclic) bond motifs is 1. The number of imidazole rings is 1. The molecule has 15 heavy (non-hydrogen) atoms. The fourth-order valence-electron chi connectivity index (χ4n) is 1.53. The molecule has 0 radical (unpaired) electrons. The lowest BCUT2D eigenvalue weighted by Gasteiger charge is -2.13. The SMILES string of the molecule is C#CCn1ccn2nc(C(C)(C)C)cc12. The standard InChI is InChI=1S/C12H15N3/c1-5-6-14-7-8-15-11(14)9-10(13-15)12(2,3)4/h1,7-9H,6H2,2-4H3. The molecule has 0 amide bonds. The zero-order valence-electron chi connectivity index (χ0n) is 9.36. The Bertz CT molecular complexity index is 517. The van der Waals surface area contributed by atoms with Crippen molar-refractivity contribution in [3.8, 4) is 12.3 Å². The highest BCUT2D eigenvalue weighted by Gasteiger charge is 2.18. The number of aromatic nitrogens is 3. The molecule has 0 atom stereocenters. The molecule has 0 aromatic carbocycles. The average molecular weight is 201 g/mol. The van der Waals surface area contributed by atoms with Crippen molar-refractivity contribution in [2.24, 2.45) is 0 Å². The van der Waals surface area contributed by atoms with Crippen LogP contribution in [0, 0.1) is 12.3 Å². The summed E-state index contributed by atoms with van der Waals surface area (Å²) in [5, 5.41) is 4.51. The smallest absolute Gasteiger partial charge is 0.136 e. The predicted molar refractivity (Wildman–Crippen MR) is 60.7 cm³/mol. The summed E-state index contributed by atoms with van der Waals surface area (Å²) in [7, 11) is 0. The minimum Gasteiger partial charge on any atom is -0.320 e. The van der Waals surface area contributed by atoms with E-state index in [-0.39, 0.29) is 5.41 Å². The maximum Gasteiger partial charge on any atom is 0.136 e. The molecule has 0 saturated carbocycles. The van der Waals surface area contributed by atoms with E-state index in [1.165, 1.54) is 0 Å². The van der Waals surface area contributed by atoms with Crippen LogP contribution in [0.15, 0.2) is 18.5 Å². The highest BCUT2D eigenvalue weighted by Crippen LogP contribution is 2.22. The lowest BCUT2D eigenvalue weighted by molar-refractivity contribution is 0.563. The molecule has 2 aromatic rings. The summed E-state index contributed by atoms with van der Waals surface area (Å²) in [6, 6.07) is 2.09. The molecular formula is C12H15N3. The molecular weight excluding hydrogens is 186 g/mol. The van der Waals surface area contributed by atoms with Crippen LogP contribution >= 0.6 is 0 Å². The Morgan fingerprint density at radius 1 is 1.40 bits per heavy atom. The van der Waals surface area contributed by atoms with E-state index in [0.29, 0.717) is 6.54 Å². The van der Waals surface area contributed by atoms with Crippen molar-refractivity contribution in [2.45, 2.75) is 32.7 Å². The van der Waals surface area contributed by atoms with Gasteiger partial charge in [0.05, 0.1) is 12.2 Å². The van der Waals surface area contributed by atoms with Gasteiger partial charge in [-0.2, -0.15) is 5.10 Å². The van der Waals surface area contributed by atoms with Gasteiger partial charge in [0.2, 0.25) is 0 Å². The maximum absolute atomic E-state index is 5.30. The number of hydrogen-bond acceptors (Lipinski definition) is 1. The predicted octanol–water partition coefficient (Wildman–Crippen LogP) is 2.07. The van der Waals surface area contributed by atoms with E-state index in [0.717, 1.165) is 11.3 Å². The van der Waals surface area contributed by atoms with Gasteiger partial charge in [-0.25, -0.2) is 4.52 Å². The summed E-state index contributed by atoms with van der Waals surface area (Å²) in [6.45, 7) is 7.05. The Hall–Kier alpha value is -1.69. The first-order chi connectivity index (χ1) is 7.02. The van der Waals surface area contributed by atoms with Gasteiger partial charge in [-0.1, -0.05) is 26.7 Å². The fourth-order valence-corrected chi connectivity index (χ4v) is 1.53. The molecule has 0 spiro atoms. The quantitative estimate of drug-likeness (QED) is 0.647. The molecule has 3 nitrogen and oxygen atoms in total. The number of hydrogen-bond donors (Lipinski definition) is 0. The Morgan fingerprint density at radius 2 is 2.13 bits per heavy atom. The summed E-state index contributed by atoms with van der Waals surface area (Å²) in [4.78, 5) is 0. The van der Waals surface area contributed by atoms with E-state index < -0.39 is 0 Å². The number of terminal acetylenes is 1. The Kier molecular flexibility index (Phi) is 2.08. The van der Waals surface area contributed by atoms with Crippen molar-refractivity contribution in [1.82, 2.24) is 14.2 Å². The fraction of sp³-hybridized carbons (Fsp3) is 0.417. The zero-order chi connectivity index (χ0) is 11.1. The molecule has 0 aliphatic carbocycles. The Balaban J connectivity index is 2.53. The van der Waals surface area contributed by atoms with E-state index in [1.807, 2.05) is 21.5 Å². The summed E-state index contributed by atoms with van der Waals surface area (Å²) < 4.78 is 3.89. The molecule has 0 aliphatic rings. The van der Waals surface area contributed by atoms with Crippen LogP contribution in [-0.2, 0) is 12.0 Å². The van der Waals surface area contributed by atoms with E-state index in [9.17, 15) is 0 Å². The minimum absolute atomic E-state index is 0.0764. The summed E-state index contributed by atoms with van der Waals surface area (Å²) in [5.41, 5.74) is 2.22.